The molecule has 224 valence electrons. The maximum absolute atomic E-state index is 12.5. The molecule has 0 bridgehead atoms. The van der Waals surface area contributed by atoms with Crippen LogP contribution in [0, 0.1) is 0 Å². The SMILES string of the molecule is O=c1c(Cl)c(Cl)cnn1Cc1ccc(-c2ccccc2-c2nnnn2C(c2ccccc2)(c2ccccc2)c2ccccc2)cc1. The lowest BCUT2D eigenvalue weighted by molar-refractivity contribution is 0.451. The molecule has 0 N–H and O–H groups in total. The van der Waals surface area contributed by atoms with Gasteiger partial charge in [0.05, 0.1) is 17.8 Å². The van der Waals surface area contributed by atoms with Gasteiger partial charge in [-0.25, -0.2) is 9.36 Å². The summed E-state index contributed by atoms with van der Waals surface area (Å²) in [4.78, 5) is 12.5. The van der Waals surface area contributed by atoms with Crippen LogP contribution in [0.3, 0.4) is 0 Å². The van der Waals surface area contributed by atoms with E-state index in [2.05, 4.69) is 57.9 Å². The first-order valence-electron chi connectivity index (χ1n) is 14.6. The Kier molecular flexibility index (Phi) is 8.01. The minimum atomic E-state index is -0.875. The fraction of sp³-hybridized carbons (Fsp3) is 0.0541. The zero-order valence-electron chi connectivity index (χ0n) is 24.4. The molecule has 0 atom stereocenters. The molecule has 0 spiro atoms. The third-order valence-corrected chi connectivity index (χ3v) is 8.82. The highest BCUT2D eigenvalue weighted by Crippen LogP contribution is 2.43. The zero-order valence-corrected chi connectivity index (χ0v) is 25.9. The van der Waals surface area contributed by atoms with E-state index in [-0.39, 0.29) is 16.6 Å². The van der Waals surface area contributed by atoms with Gasteiger partial charge in [0.1, 0.15) is 10.6 Å². The highest BCUT2D eigenvalue weighted by molar-refractivity contribution is 6.41. The quantitative estimate of drug-likeness (QED) is 0.159. The monoisotopic (exact) mass is 640 g/mol. The smallest absolute Gasteiger partial charge is 0.266 e. The van der Waals surface area contributed by atoms with Crippen molar-refractivity contribution >= 4 is 23.2 Å². The maximum Gasteiger partial charge on any atom is 0.287 e. The van der Waals surface area contributed by atoms with Crippen LogP contribution in [0.25, 0.3) is 22.5 Å². The molecular formula is C37H26Cl2N6O. The van der Waals surface area contributed by atoms with Gasteiger partial charge in [-0.2, -0.15) is 5.10 Å². The summed E-state index contributed by atoms with van der Waals surface area (Å²) >= 11 is 12.0. The van der Waals surface area contributed by atoms with E-state index in [1.165, 1.54) is 10.9 Å². The second-order valence-electron chi connectivity index (χ2n) is 10.7. The summed E-state index contributed by atoms with van der Waals surface area (Å²) in [6.45, 7) is 0.254. The molecule has 7 rings (SSSR count). The number of halogens is 2. The van der Waals surface area contributed by atoms with Crippen molar-refractivity contribution in [2.24, 2.45) is 0 Å². The average molecular weight is 642 g/mol. The Labute approximate surface area is 275 Å². The largest absolute Gasteiger partial charge is 0.287 e. The first-order valence-corrected chi connectivity index (χ1v) is 15.4. The van der Waals surface area contributed by atoms with Gasteiger partial charge in [0.25, 0.3) is 5.56 Å². The van der Waals surface area contributed by atoms with E-state index < -0.39 is 11.1 Å². The summed E-state index contributed by atoms with van der Waals surface area (Å²) in [7, 11) is 0. The van der Waals surface area contributed by atoms with Crippen LogP contribution in [0.1, 0.15) is 22.3 Å². The molecule has 0 amide bonds. The maximum atomic E-state index is 12.5. The fourth-order valence-electron chi connectivity index (χ4n) is 5.94. The zero-order chi connectivity index (χ0) is 31.5. The minimum Gasteiger partial charge on any atom is -0.266 e. The third-order valence-electron chi connectivity index (χ3n) is 8.07. The van der Waals surface area contributed by atoms with Gasteiger partial charge in [-0.1, -0.05) is 163 Å². The van der Waals surface area contributed by atoms with Crippen molar-refractivity contribution in [1.29, 1.82) is 0 Å². The standard InChI is InChI=1S/C37H26Cl2N6O/c38-33-24-40-44(36(46)34(33)39)25-26-20-22-27(23-21-26)31-18-10-11-19-32(31)35-41-42-43-45(35)37(28-12-4-1-5-13-28,29-14-6-2-7-15-29)30-16-8-3-9-17-30/h1-24H,25H2. The van der Waals surface area contributed by atoms with Crippen LogP contribution in [-0.2, 0) is 12.1 Å². The van der Waals surface area contributed by atoms with Crippen molar-refractivity contribution in [3.05, 3.63) is 188 Å². The molecule has 7 aromatic rings. The van der Waals surface area contributed by atoms with Gasteiger partial charge < -0.3 is 0 Å². The van der Waals surface area contributed by atoms with Gasteiger partial charge in [-0.05, 0) is 43.8 Å². The molecule has 2 heterocycles. The van der Waals surface area contributed by atoms with Crippen molar-refractivity contribution in [2.75, 3.05) is 0 Å². The van der Waals surface area contributed by atoms with E-state index in [4.69, 9.17) is 28.4 Å². The molecule has 5 aromatic carbocycles. The van der Waals surface area contributed by atoms with E-state index in [9.17, 15) is 4.79 Å². The number of hydrogen-bond acceptors (Lipinski definition) is 5. The Balaban J connectivity index is 1.37. The molecule has 0 unspecified atom stereocenters. The molecule has 0 aliphatic carbocycles. The van der Waals surface area contributed by atoms with Gasteiger partial charge in [0, 0.05) is 5.56 Å². The van der Waals surface area contributed by atoms with Gasteiger partial charge in [0.2, 0.25) is 0 Å². The second kappa shape index (κ2) is 12.6. The number of nitrogens with zero attached hydrogens (tertiary/aromatic N) is 6. The molecular weight excluding hydrogens is 615 g/mol. The summed E-state index contributed by atoms with van der Waals surface area (Å²) in [5.74, 6) is 0.614. The van der Waals surface area contributed by atoms with Crippen molar-refractivity contribution < 1.29 is 0 Å². The van der Waals surface area contributed by atoms with Crippen molar-refractivity contribution in [3.8, 4) is 22.5 Å². The Hall–Kier alpha value is -5.37. The molecule has 7 nitrogen and oxygen atoms in total. The Morgan fingerprint density at radius 1 is 0.630 bits per heavy atom. The second-order valence-corrected chi connectivity index (χ2v) is 11.5. The van der Waals surface area contributed by atoms with Crippen LogP contribution in [-0.4, -0.2) is 30.0 Å². The summed E-state index contributed by atoms with van der Waals surface area (Å²) in [6.07, 6.45) is 1.38. The van der Waals surface area contributed by atoms with Crippen LogP contribution in [0.2, 0.25) is 10.0 Å². The number of rotatable bonds is 8. The normalized spacial score (nSPS) is 11.4. The highest BCUT2D eigenvalue weighted by Gasteiger charge is 2.42. The highest BCUT2D eigenvalue weighted by atomic mass is 35.5. The molecule has 0 saturated heterocycles. The van der Waals surface area contributed by atoms with Crippen LogP contribution in [0.4, 0.5) is 0 Å². The van der Waals surface area contributed by atoms with Gasteiger partial charge in [-0.15, -0.1) is 5.10 Å². The summed E-state index contributed by atoms with van der Waals surface area (Å²) in [6, 6.07) is 47.0. The van der Waals surface area contributed by atoms with Crippen molar-refractivity contribution in [3.63, 3.8) is 0 Å². The van der Waals surface area contributed by atoms with E-state index in [1.54, 1.807) is 0 Å². The average Bonchev–Trinajstić information content (AvgIpc) is 3.61. The summed E-state index contributed by atoms with van der Waals surface area (Å²) in [5.41, 5.74) is 5.43. The van der Waals surface area contributed by atoms with Crippen LogP contribution < -0.4 is 5.56 Å². The predicted octanol–water partition coefficient (Wildman–Crippen LogP) is 7.76. The van der Waals surface area contributed by atoms with E-state index in [1.807, 2.05) is 102 Å². The topological polar surface area (TPSA) is 78.5 Å². The van der Waals surface area contributed by atoms with Crippen LogP contribution in [0.5, 0.6) is 0 Å². The Morgan fingerprint density at radius 2 is 1.15 bits per heavy atom. The molecule has 0 saturated carbocycles. The number of tetrazole rings is 1. The Morgan fingerprint density at radius 3 is 1.72 bits per heavy atom. The lowest BCUT2D eigenvalue weighted by Gasteiger charge is -2.36. The Bertz CT molecular complexity index is 2070. The number of hydrogen-bond donors (Lipinski definition) is 0. The molecule has 0 radical (unpaired) electrons. The van der Waals surface area contributed by atoms with Crippen LogP contribution in [0.15, 0.2) is 151 Å². The third kappa shape index (κ3) is 5.19. The number of benzene rings is 5. The van der Waals surface area contributed by atoms with E-state index in [0.29, 0.717) is 5.82 Å². The first kappa shape index (κ1) is 29.3. The van der Waals surface area contributed by atoms with Crippen molar-refractivity contribution in [2.45, 2.75) is 12.1 Å². The van der Waals surface area contributed by atoms with E-state index in [0.717, 1.165) is 38.9 Å². The summed E-state index contributed by atoms with van der Waals surface area (Å²) < 4.78 is 3.23. The predicted molar refractivity (Wildman–Crippen MR) is 181 cm³/mol. The molecule has 2 aromatic heterocycles. The molecule has 0 aliphatic heterocycles. The van der Waals surface area contributed by atoms with E-state index >= 15 is 0 Å². The molecule has 46 heavy (non-hydrogen) atoms. The van der Waals surface area contributed by atoms with Gasteiger partial charge >= 0.3 is 0 Å². The lowest BCUT2D eigenvalue weighted by atomic mass is 9.77. The number of aromatic nitrogens is 6. The molecule has 0 aliphatic rings. The lowest BCUT2D eigenvalue weighted by Crippen LogP contribution is -2.39. The molecule has 9 heteroatoms. The van der Waals surface area contributed by atoms with Gasteiger partial charge in [-0.3, -0.25) is 4.79 Å². The summed E-state index contributed by atoms with van der Waals surface area (Å²) in [5, 5.41) is 17.8. The first-order chi connectivity index (χ1) is 22.6. The molecule has 0 fully saturated rings. The minimum absolute atomic E-state index is 0.0440. The van der Waals surface area contributed by atoms with Crippen molar-refractivity contribution in [1.82, 2.24) is 30.0 Å². The fourth-order valence-corrected chi connectivity index (χ4v) is 6.21. The van der Waals surface area contributed by atoms with Gasteiger partial charge in [0.15, 0.2) is 5.82 Å². The van der Waals surface area contributed by atoms with Crippen LogP contribution >= 0.6 is 23.2 Å².